The van der Waals surface area contributed by atoms with E-state index in [-0.39, 0.29) is 5.91 Å². The summed E-state index contributed by atoms with van der Waals surface area (Å²) in [4.78, 5) is 20.7. The fraction of sp³-hybridized carbons (Fsp3) is 0.450. The molecule has 2 aromatic rings. The molecule has 1 heterocycles. The third kappa shape index (κ3) is 4.23. The summed E-state index contributed by atoms with van der Waals surface area (Å²) in [5.74, 6) is 1.46. The highest BCUT2D eigenvalue weighted by Gasteiger charge is 2.38. The second-order valence-corrected chi connectivity index (χ2v) is 7.25. The van der Waals surface area contributed by atoms with Crippen molar-refractivity contribution >= 4 is 5.91 Å². The van der Waals surface area contributed by atoms with Gasteiger partial charge in [0.15, 0.2) is 0 Å². The number of rotatable bonds is 7. The Morgan fingerprint density at radius 3 is 2.64 bits per heavy atom. The number of carbonyl (C=O) groups excluding carboxylic acids is 1. The number of aromatic nitrogens is 2. The van der Waals surface area contributed by atoms with Crippen molar-refractivity contribution in [3.63, 3.8) is 0 Å². The molecule has 1 aromatic heterocycles. The molecular weight excluding hydrogens is 312 g/mol. The number of benzene rings is 1. The van der Waals surface area contributed by atoms with Gasteiger partial charge in [0.05, 0.1) is 24.1 Å². The molecule has 1 amide bonds. The molecule has 130 valence electrons. The zero-order valence-corrected chi connectivity index (χ0v) is 14.5. The van der Waals surface area contributed by atoms with E-state index in [1.807, 2.05) is 19.1 Å². The van der Waals surface area contributed by atoms with E-state index in [9.17, 15) is 4.79 Å². The lowest BCUT2D eigenvalue weighted by Crippen LogP contribution is -2.23. The maximum absolute atomic E-state index is 12.3. The highest BCUT2D eigenvalue weighted by molar-refractivity contribution is 5.94. The van der Waals surface area contributed by atoms with Crippen molar-refractivity contribution in [2.75, 3.05) is 6.54 Å². The van der Waals surface area contributed by atoms with Crippen LogP contribution in [0.3, 0.4) is 0 Å². The summed E-state index contributed by atoms with van der Waals surface area (Å²) in [6, 6.07) is 8.64. The molecule has 5 nitrogen and oxygen atoms in total. The van der Waals surface area contributed by atoms with Crippen LogP contribution in [0.25, 0.3) is 0 Å². The number of hydrogen-bond acceptors (Lipinski definition) is 4. The van der Waals surface area contributed by atoms with Crippen LogP contribution in [-0.2, 0) is 6.54 Å². The van der Waals surface area contributed by atoms with Gasteiger partial charge in [-0.2, -0.15) is 0 Å². The first-order valence-corrected chi connectivity index (χ1v) is 9.08. The van der Waals surface area contributed by atoms with Crippen molar-refractivity contribution in [1.82, 2.24) is 20.6 Å². The number of carbonyl (C=O) groups is 1. The van der Waals surface area contributed by atoms with Gasteiger partial charge in [-0.05, 0) is 56.3 Å². The van der Waals surface area contributed by atoms with Crippen molar-refractivity contribution in [2.24, 2.45) is 5.92 Å². The Labute approximate surface area is 148 Å². The van der Waals surface area contributed by atoms with Gasteiger partial charge in [0, 0.05) is 23.7 Å². The average Bonchev–Trinajstić information content (AvgIpc) is 3.54. The van der Waals surface area contributed by atoms with Crippen LogP contribution < -0.4 is 10.6 Å². The summed E-state index contributed by atoms with van der Waals surface area (Å²) >= 11 is 0. The van der Waals surface area contributed by atoms with E-state index < -0.39 is 0 Å². The van der Waals surface area contributed by atoms with Crippen molar-refractivity contribution < 1.29 is 4.79 Å². The Bertz CT molecular complexity index is 737. The summed E-state index contributed by atoms with van der Waals surface area (Å²) in [7, 11) is 0. The van der Waals surface area contributed by atoms with Crippen molar-refractivity contribution in [3.05, 3.63) is 59.2 Å². The molecule has 2 fully saturated rings. The fourth-order valence-corrected chi connectivity index (χ4v) is 3.09. The first-order chi connectivity index (χ1) is 12.2. The largest absolute Gasteiger partial charge is 0.346 e. The summed E-state index contributed by atoms with van der Waals surface area (Å²) in [5.41, 5.74) is 3.65. The van der Waals surface area contributed by atoms with Crippen molar-refractivity contribution in [3.8, 4) is 0 Å². The minimum Gasteiger partial charge on any atom is -0.346 e. The first kappa shape index (κ1) is 16.2. The molecule has 5 heteroatoms. The Hall–Kier alpha value is -2.27. The van der Waals surface area contributed by atoms with E-state index in [1.165, 1.54) is 31.4 Å². The zero-order valence-electron chi connectivity index (χ0n) is 14.5. The molecule has 2 N–H and O–H groups in total. The van der Waals surface area contributed by atoms with Gasteiger partial charge in [-0.3, -0.25) is 14.8 Å². The predicted molar refractivity (Wildman–Crippen MR) is 96.3 cm³/mol. The Kier molecular flexibility index (Phi) is 4.49. The van der Waals surface area contributed by atoms with E-state index in [0.29, 0.717) is 24.1 Å². The van der Waals surface area contributed by atoms with E-state index in [1.54, 1.807) is 12.4 Å². The molecule has 2 aliphatic carbocycles. The molecule has 4 rings (SSSR count). The van der Waals surface area contributed by atoms with Gasteiger partial charge in [-0.1, -0.05) is 12.1 Å². The normalized spacial score (nSPS) is 21.8. The second-order valence-electron chi connectivity index (χ2n) is 7.25. The Morgan fingerprint density at radius 1 is 1.16 bits per heavy atom. The SMILES string of the molecule is Cc1cnc(CNC(=O)c2ccc(C3CC3NCC3CC3)cc2)cn1. The number of hydrogen-bond donors (Lipinski definition) is 2. The van der Waals surface area contributed by atoms with Crippen LogP contribution in [-0.4, -0.2) is 28.5 Å². The van der Waals surface area contributed by atoms with Crippen molar-refractivity contribution in [2.45, 2.75) is 44.7 Å². The highest BCUT2D eigenvalue weighted by Crippen LogP contribution is 2.41. The molecule has 0 saturated heterocycles. The molecule has 25 heavy (non-hydrogen) atoms. The molecule has 0 radical (unpaired) electrons. The van der Waals surface area contributed by atoms with Gasteiger partial charge in [0.25, 0.3) is 5.91 Å². The van der Waals surface area contributed by atoms with Crippen molar-refractivity contribution in [1.29, 1.82) is 0 Å². The van der Waals surface area contributed by atoms with Crippen LogP contribution in [0.4, 0.5) is 0 Å². The molecular formula is C20H24N4O. The molecule has 0 bridgehead atoms. The Balaban J connectivity index is 1.27. The quantitative estimate of drug-likeness (QED) is 0.815. The first-order valence-electron chi connectivity index (χ1n) is 9.08. The third-order valence-corrected chi connectivity index (χ3v) is 5.02. The standard InChI is InChI=1S/C20H24N4O/c1-13-9-22-17(11-21-13)12-24-20(25)16-6-4-15(5-7-16)18-8-19(18)23-10-14-2-3-14/h4-7,9,11,14,18-19,23H,2-3,8,10,12H2,1H3,(H,24,25). The summed E-state index contributed by atoms with van der Waals surface area (Å²) in [6.45, 7) is 3.45. The topological polar surface area (TPSA) is 66.9 Å². The van der Waals surface area contributed by atoms with Gasteiger partial charge in [-0.25, -0.2) is 0 Å². The lowest BCUT2D eigenvalue weighted by molar-refractivity contribution is 0.0950. The van der Waals surface area contributed by atoms with Gasteiger partial charge in [-0.15, -0.1) is 0 Å². The van der Waals surface area contributed by atoms with E-state index in [4.69, 9.17) is 0 Å². The van der Waals surface area contributed by atoms with Crippen LogP contribution in [0.15, 0.2) is 36.7 Å². The third-order valence-electron chi connectivity index (χ3n) is 5.02. The number of nitrogens with zero attached hydrogens (tertiary/aromatic N) is 2. The lowest BCUT2D eigenvalue weighted by atomic mass is 10.1. The minimum absolute atomic E-state index is 0.0758. The lowest BCUT2D eigenvalue weighted by Gasteiger charge is -2.07. The maximum Gasteiger partial charge on any atom is 0.251 e. The monoisotopic (exact) mass is 336 g/mol. The van der Waals surface area contributed by atoms with E-state index in [2.05, 4.69) is 32.7 Å². The summed E-state index contributed by atoms with van der Waals surface area (Å²) < 4.78 is 0. The van der Waals surface area contributed by atoms with Gasteiger partial charge < -0.3 is 10.6 Å². The van der Waals surface area contributed by atoms with Crippen LogP contribution >= 0.6 is 0 Å². The number of aryl methyl sites for hydroxylation is 1. The molecule has 1 aromatic carbocycles. The molecule has 2 atom stereocenters. The predicted octanol–water partition coefficient (Wildman–Crippen LogP) is 2.57. The molecule has 0 spiro atoms. The fourth-order valence-electron chi connectivity index (χ4n) is 3.09. The van der Waals surface area contributed by atoms with Gasteiger partial charge >= 0.3 is 0 Å². The number of amides is 1. The van der Waals surface area contributed by atoms with Crippen LogP contribution in [0.2, 0.25) is 0 Å². The van der Waals surface area contributed by atoms with E-state index in [0.717, 1.165) is 17.3 Å². The van der Waals surface area contributed by atoms with E-state index >= 15 is 0 Å². The second kappa shape index (κ2) is 6.92. The van der Waals surface area contributed by atoms with Gasteiger partial charge in [0.2, 0.25) is 0 Å². The van der Waals surface area contributed by atoms with Crippen LogP contribution in [0, 0.1) is 12.8 Å². The summed E-state index contributed by atoms with van der Waals surface area (Å²) in [5, 5.41) is 6.55. The highest BCUT2D eigenvalue weighted by atomic mass is 16.1. The molecule has 0 aliphatic heterocycles. The molecule has 2 unspecified atom stereocenters. The smallest absolute Gasteiger partial charge is 0.251 e. The Morgan fingerprint density at radius 2 is 1.96 bits per heavy atom. The van der Waals surface area contributed by atoms with Crippen LogP contribution in [0.5, 0.6) is 0 Å². The molecule has 2 saturated carbocycles. The molecule has 2 aliphatic rings. The zero-order chi connectivity index (χ0) is 17.2. The average molecular weight is 336 g/mol. The van der Waals surface area contributed by atoms with Crippen LogP contribution in [0.1, 0.15) is 52.5 Å². The minimum atomic E-state index is -0.0758. The van der Waals surface area contributed by atoms with Gasteiger partial charge in [0.1, 0.15) is 0 Å². The summed E-state index contributed by atoms with van der Waals surface area (Å²) in [6.07, 6.45) is 7.40. The number of nitrogens with one attached hydrogen (secondary N) is 2. The maximum atomic E-state index is 12.3.